The predicted molar refractivity (Wildman–Crippen MR) is 119 cm³/mol. The van der Waals surface area contributed by atoms with Crippen LogP contribution in [0.1, 0.15) is 31.4 Å². The monoisotopic (exact) mass is 440 g/mol. The van der Waals surface area contributed by atoms with Crippen molar-refractivity contribution < 1.29 is 14.2 Å². The molecule has 0 bridgehead atoms. The summed E-state index contributed by atoms with van der Waals surface area (Å²) < 4.78 is 17.6. The number of benzene rings is 1. The summed E-state index contributed by atoms with van der Waals surface area (Å²) in [7, 11) is 0. The van der Waals surface area contributed by atoms with Crippen LogP contribution in [0.3, 0.4) is 0 Å². The summed E-state index contributed by atoms with van der Waals surface area (Å²) in [5.41, 5.74) is 1.58. The van der Waals surface area contributed by atoms with E-state index in [2.05, 4.69) is 14.9 Å². The Balaban J connectivity index is 1.37. The summed E-state index contributed by atoms with van der Waals surface area (Å²) in [6.45, 7) is 3.78. The molecule has 0 saturated carbocycles. The lowest BCUT2D eigenvalue weighted by Crippen LogP contribution is -2.26. The summed E-state index contributed by atoms with van der Waals surface area (Å²) in [4.78, 5) is 16.2. The van der Waals surface area contributed by atoms with E-state index in [1.165, 1.54) is 12.8 Å². The molecule has 4 heterocycles. The summed E-state index contributed by atoms with van der Waals surface area (Å²) >= 11 is 6.21. The van der Waals surface area contributed by atoms with Crippen molar-refractivity contribution in [1.82, 2.24) is 15.0 Å². The number of anilines is 1. The van der Waals surface area contributed by atoms with Crippen LogP contribution in [-0.2, 0) is 11.3 Å². The number of fused-ring (bicyclic) bond motifs is 1. The second-order valence-corrected chi connectivity index (χ2v) is 8.31. The molecule has 2 saturated heterocycles. The zero-order chi connectivity index (χ0) is 21.0. The first-order valence-electron chi connectivity index (χ1n) is 10.8. The summed E-state index contributed by atoms with van der Waals surface area (Å²) in [6.07, 6.45) is 4.14. The van der Waals surface area contributed by atoms with Crippen LogP contribution in [0.4, 0.5) is 5.82 Å². The Morgan fingerprint density at radius 2 is 1.87 bits per heavy atom. The van der Waals surface area contributed by atoms with Crippen molar-refractivity contribution in [1.29, 1.82) is 0 Å². The molecule has 0 spiro atoms. The minimum atomic E-state index is 0.0532. The average molecular weight is 441 g/mol. The third kappa shape index (κ3) is 4.83. The zero-order valence-corrected chi connectivity index (χ0v) is 18.1. The van der Waals surface area contributed by atoms with Crippen molar-refractivity contribution in [3.63, 3.8) is 0 Å². The van der Waals surface area contributed by atoms with Crippen molar-refractivity contribution in [3.05, 3.63) is 47.1 Å². The Labute approximate surface area is 186 Å². The van der Waals surface area contributed by atoms with Gasteiger partial charge in [0, 0.05) is 31.0 Å². The minimum absolute atomic E-state index is 0.0532. The molecule has 2 fully saturated rings. The number of hydrogen-bond acceptors (Lipinski definition) is 7. The lowest BCUT2D eigenvalue weighted by Gasteiger charge is -2.23. The van der Waals surface area contributed by atoms with Gasteiger partial charge in [-0.05, 0) is 43.2 Å². The molecule has 0 unspecified atom stereocenters. The summed E-state index contributed by atoms with van der Waals surface area (Å²) in [5, 5.41) is 1.39. The van der Waals surface area contributed by atoms with Gasteiger partial charge in [-0.1, -0.05) is 17.7 Å². The molecule has 1 aromatic carbocycles. The molecule has 31 heavy (non-hydrogen) atoms. The molecule has 7 nitrogen and oxygen atoms in total. The van der Waals surface area contributed by atoms with Crippen molar-refractivity contribution in [2.75, 3.05) is 31.2 Å². The molecule has 0 amide bonds. The van der Waals surface area contributed by atoms with Crippen LogP contribution >= 0.6 is 11.6 Å². The lowest BCUT2D eigenvalue weighted by molar-refractivity contribution is 0.0241. The van der Waals surface area contributed by atoms with Crippen LogP contribution in [0.25, 0.3) is 10.9 Å². The highest BCUT2D eigenvalue weighted by atomic mass is 35.5. The lowest BCUT2D eigenvalue weighted by atomic mass is 10.1. The molecule has 8 heteroatoms. The van der Waals surface area contributed by atoms with E-state index in [0.717, 1.165) is 48.3 Å². The van der Waals surface area contributed by atoms with E-state index in [1.54, 1.807) is 6.07 Å². The Kier molecular flexibility index (Phi) is 6.04. The molecule has 2 aliphatic rings. The first-order chi connectivity index (χ1) is 15.2. The Morgan fingerprint density at radius 3 is 2.71 bits per heavy atom. The number of halogens is 1. The maximum absolute atomic E-state index is 6.21. The molecule has 2 aliphatic heterocycles. The smallest absolute Gasteiger partial charge is 0.320 e. The van der Waals surface area contributed by atoms with Gasteiger partial charge in [0.05, 0.1) is 29.8 Å². The van der Waals surface area contributed by atoms with Crippen molar-refractivity contribution >= 4 is 28.3 Å². The van der Waals surface area contributed by atoms with Gasteiger partial charge in [0.1, 0.15) is 18.5 Å². The Bertz CT molecular complexity index is 1050. The fraction of sp³-hybridized carbons (Fsp3) is 0.435. The van der Waals surface area contributed by atoms with Crippen LogP contribution in [0, 0.1) is 0 Å². The first kappa shape index (κ1) is 20.3. The second kappa shape index (κ2) is 9.24. The van der Waals surface area contributed by atoms with Crippen molar-refractivity contribution in [3.8, 4) is 11.9 Å². The van der Waals surface area contributed by atoms with E-state index >= 15 is 0 Å². The summed E-state index contributed by atoms with van der Waals surface area (Å²) in [6, 6.07) is 11.8. The number of ether oxygens (including phenoxy) is 3. The van der Waals surface area contributed by atoms with E-state index in [0.29, 0.717) is 24.1 Å². The van der Waals surface area contributed by atoms with Crippen LogP contribution < -0.4 is 14.4 Å². The van der Waals surface area contributed by atoms with Gasteiger partial charge in [-0.3, -0.25) is 0 Å². The SMILES string of the molecule is Clc1ccc2nc(OCc3cccc(N4CCCC4)n3)nc(OC3CCOCC3)c2c1. The van der Waals surface area contributed by atoms with Crippen LogP contribution in [0.15, 0.2) is 36.4 Å². The molecular weight excluding hydrogens is 416 g/mol. The van der Waals surface area contributed by atoms with Crippen molar-refractivity contribution in [2.45, 2.75) is 38.4 Å². The van der Waals surface area contributed by atoms with Gasteiger partial charge in [0.15, 0.2) is 0 Å². The van der Waals surface area contributed by atoms with E-state index in [-0.39, 0.29) is 18.7 Å². The largest absolute Gasteiger partial charge is 0.474 e. The molecule has 0 radical (unpaired) electrons. The normalized spacial score (nSPS) is 17.3. The Hall–Kier alpha value is -2.64. The number of nitrogens with zero attached hydrogens (tertiary/aromatic N) is 4. The summed E-state index contributed by atoms with van der Waals surface area (Å²) in [5.74, 6) is 1.49. The van der Waals surface area contributed by atoms with Crippen molar-refractivity contribution in [2.24, 2.45) is 0 Å². The molecule has 0 aliphatic carbocycles. The van der Waals surface area contributed by atoms with Gasteiger partial charge in [0.2, 0.25) is 5.88 Å². The number of rotatable bonds is 6. The molecule has 5 rings (SSSR count). The highest BCUT2D eigenvalue weighted by Gasteiger charge is 2.19. The first-order valence-corrected chi connectivity index (χ1v) is 11.2. The maximum atomic E-state index is 6.21. The quantitative estimate of drug-likeness (QED) is 0.562. The van der Waals surface area contributed by atoms with E-state index in [4.69, 9.17) is 30.8 Å². The van der Waals surface area contributed by atoms with Gasteiger partial charge in [-0.25, -0.2) is 4.98 Å². The minimum Gasteiger partial charge on any atom is -0.474 e. The number of pyridine rings is 1. The van der Waals surface area contributed by atoms with Gasteiger partial charge in [0.25, 0.3) is 0 Å². The molecule has 3 aromatic rings. The fourth-order valence-electron chi connectivity index (χ4n) is 3.97. The van der Waals surface area contributed by atoms with E-state index < -0.39 is 0 Å². The molecule has 0 atom stereocenters. The zero-order valence-electron chi connectivity index (χ0n) is 17.3. The topological polar surface area (TPSA) is 69.6 Å². The van der Waals surface area contributed by atoms with Crippen LogP contribution in [-0.4, -0.2) is 47.4 Å². The molecule has 162 valence electrons. The Morgan fingerprint density at radius 1 is 1.03 bits per heavy atom. The maximum Gasteiger partial charge on any atom is 0.320 e. The van der Waals surface area contributed by atoms with Gasteiger partial charge >= 0.3 is 6.01 Å². The third-order valence-corrected chi connectivity index (χ3v) is 5.86. The highest BCUT2D eigenvalue weighted by molar-refractivity contribution is 6.31. The molecule has 2 aromatic heterocycles. The molecule has 0 N–H and O–H groups in total. The van der Waals surface area contributed by atoms with Crippen LogP contribution in [0.2, 0.25) is 5.02 Å². The number of aromatic nitrogens is 3. The average Bonchev–Trinajstić information content (AvgIpc) is 3.34. The van der Waals surface area contributed by atoms with Gasteiger partial charge in [-0.15, -0.1) is 0 Å². The second-order valence-electron chi connectivity index (χ2n) is 7.87. The third-order valence-electron chi connectivity index (χ3n) is 5.62. The number of hydrogen-bond donors (Lipinski definition) is 0. The standard InChI is InChI=1S/C23H25ClN4O3/c24-16-6-7-20-19(14-16)22(31-18-8-12-29-13-9-18)27-23(26-20)30-15-17-4-3-5-21(25-17)28-10-1-2-11-28/h3-7,14,18H,1-2,8-13,15H2. The highest BCUT2D eigenvalue weighted by Crippen LogP contribution is 2.30. The fourth-order valence-corrected chi connectivity index (χ4v) is 4.14. The predicted octanol–water partition coefficient (Wildman–Crippen LogP) is 4.42. The van der Waals surface area contributed by atoms with E-state index in [1.807, 2.05) is 30.3 Å². The van der Waals surface area contributed by atoms with Gasteiger partial charge in [-0.2, -0.15) is 9.97 Å². The van der Waals surface area contributed by atoms with Crippen LogP contribution in [0.5, 0.6) is 11.9 Å². The molecular formula is C23H25ClN4O3. The van der Waals surface area contributed by atoms with Gasteiger partial charge < -0.3 is 19.1 Å². The van der Waals surface area contributed by atoms with E-state index in [9.17, 15) is 0 Å².